The van der Waals surface area contributed by atoms with E-state index in [9.17, 15) is 18.0 Å². The molecule has 1 saturated heterocycles. The summed E-state index contributed by atoms with van der Waals surface area (Å²) in [5, 5.41) is 2.74. The van der Waals surface area contributed by atoms with Gasteiger partial charge in [-0.25, -0.2) is 13.2 Å². The number of piperazine rings is 1. The van der Waals surface area contributed by atoms with Crippen molar-refractivity contribution in [3.8, 4) is 0 Å². The minimum atomic E-state index is -3.86. The SMILES string of the molecule is COC(=O)[C@@H]1CN(C(=O)NC(C)C)CCN1S(=O)(=O)c1ccccc1. The molecule has 25 heavy (non-hydrogen) atoms. The van der Waals surface area contributed by atoms with Crippen molar-refractivity contribution in [1.82, 2.24) is 14.5 Å². The van der Waals surface area contributed by atoms with E-state index in [0.717, 1.165) is 4.31 Å². The quantitative estimate of drug-likeness (QED) is 0.786. The number of urea groups is 1. The third kappa shape index (κ3) is 4.29. The van der Waals surface area contributed by atoms with Crippen LogP contribution < -0.4 is 5.32 Å². The second-order valence-electron chi connectivity index (χ2n) is 6.02. The van der Waals surface area contributed by atoms with Crippen LogP contribution in [0.4, 0.5) is 4.79 Å². The summed E-state index contributed by atoms with van der Waals surface area (Å²) in [6.07, 6.45) is 0. The van der Waals surface area contributed by atoms with E-state index in [-0.39, 0.29) is 36.6 Å². The highest BCUT2D eigenvalue weighted by Gasteiger charge is 2.42. The normalized spacial score (nSPS) is 18.9. The van der Waals surface area contributed by atoms with Crippen LogP contribution in [0.3, 0.4) is 0 Å². The molecule has 0 bridgehead atoms. The highest BCUT2D eigenvalue weighted by Crippen LogP contribution is 2.22. The third-order valence-corrected chi connectivity index (χ3v) is 5.78. The van der Waals surface area contributed by atoms with Gasteiger partial charge in [-0.2, -0.15) is 4.31 Å². The average Bonchev–Trinajstić information content (AvgIpc) is 2.60. The Morgan fingerprint density at radius 2 is 1.84 bits per heavy atom. The molecule has 1 atom stereocenters. The number of carbonyl (C=O) groups is 2. The molecule has 1 aromatic carbocycles. The summed E-state index contributed by atoms with van der Waals surface area (Å²) >= 11 is 0. The summed E-state index contributed by atoms with van der Waals surface area (Å²) in [6.45, 7) is 3.80. The molecular formula is C16H23N3O5S. The number of benzene rings is 1. The molecule has 2 rings (SSSR count). The van der Waals surface area contributed by atoms with Crippen molar-refractivity contribution in [1.29, 1.82) is 0 Å². The summed E-state index contributed by atoms with van der Waals surface area (Å²) < 4.78 is 31.6. The van der Waals surface area contributed by atoms with E-state index >= 15 is 0 Å². The molecular weight excluding hydrogens is 346 g/mol. The van der Waals surface area contributed by atoms with Crippen LogP contribution in [0, 0.1) is 0 Å². The molecule has 0 spiro atoms. The molecule has 1 aliphatic rings. The number of rotatable bonds is 4. The van der Waals surface area contributed by atoms with E-state index in [4.69, 9.17) is 4.74 Å². The van der Waals surface area contributed by atoms with E-state index in [0.29, 0.717) is 0 Å². The number of sulfonamides is 1. The Kier molecular flexibility index (Phi) is 6.02. The van der Waals surface area contributed by atoms with Crippen LogP contribution in [0.1, 0.15) is 13.8 Å². The van der Waals surface area contributed by atoms with Gasteiger partial charge in [-0.05, 0) is 26.0 Å². The lowest BCUT2D eigenvalue weighted by Crippen LogP contribution is -2.61. The first kappa shape index (κ1) is 19.2. The number of nitrogens with one attached hydrogen (secondary N) is 1. The fourth-order valence-electron chi connectivity index (χ4n) is 2.63. The largest absolute Gasteiger partial charge is 0.468 e. The fraction of sp³-hybridized carbons (Fsp3) is 0.500. The first-order valence-electron chi connectivity index (χ1n) is 7.97. The van der Waals surface area contributed by atoms with E-state index < -0.39 is 22.0 Å². The summed E-state index contributed by atoms with van der Waals surface area (Å²) in [5.74, 6) is -0.693. The Morgan fingerprint density at radius 1 is 1.20 bits per heavy atom. The number of carbonyl (C=O) groups excluding carboxylic acids is 2. The summed E-state index contributed by atoms with van der Waals surface area (Å²) in [7, 11) is -2.67. The maximum absolute atomic E-state index is 12.9. The molecule has 1 fully saturated rings. The zero-order valence-corrected chi connectivity index (χ0v) is 15.3. The topological polar surface area (TPSA) is 96.0 Å². The van der Waals surface area contributed by atoms with Crippen LogP contribution in [0.25, 0.3) is 0 Å². The molecule has 2 amide bonds. The maximum atomic E-state index is 12.9. The van der Waals surface area contributed by atoms with Gasteiger partial charge in [-0.1, -0.05) is 18.2 Å². The van der Waals surface area contributed by atoms with Crippen molar-refractivity contribution in [3.05, 3.63) is 30.3 Å². The Hall–Kier alpha value is -2.13. The molecule has 8 nitrogen and oxygen atoms in total. The second-order valence-corrected chi connectivity index (χ2v) is 7.91. The molecule has 1 heterocycles. The predicted molar refractivity (Wildman–Crippen MR) is 91.4 cm³/mol. The molecule has 138 valence electrons. The molecule has 1 aliphatic heterocycles. The number of esters is 1. The van der Waals surface area contributed by atoms with Crippen molar-refractivity contribution in [2.75, 3.05) is 26.7 Å². The second kappa shape index (κ2) is 7.83. The lowest BCUT2D eigenvalue weighted by atomic mass is 10.2. The van der Waals surface area contributed by atoms with Crippen molar-refractivity contribution >= 4 is 22.0 Å². The number of methoxy groups -OCH3 is 1. The number of nitrogens with zero attached hydrogens (tertiary/aromatic N) is 2. The molecule has 0 aromatic heterocycles. The van der Waals surface area contributed by atoms with Crippen LogP contribution in [-0.4, -0.2) is 68.5 Å². The summed E-state index contributed by atoms with van der Waals surface area (Å²) in [6, 6.07) is 6.42. The van der Waals surface area contributed by atoms with E-state index in [1.165, 1.54) is 24.1 Å². The van der Waals surface area contributed by atoms with Crippen LogP contribution in [0.2, 0.25) is 0 Å². The van der Waals surface area contributed by atoms with Crippen LogP contribution in [-0.2, 0) is 19.6 Å². The summed E-state index contributed by atoms with van der Waals surface area (Å²) in [4.78, 5) is 25.9. The van der Waals surface area contributed by atoms with Gasteiger partial charge >= 0.3 is 12.0 Å². The van der Waals surface area contributed by atoms with Gasteiger partial charge in [0.05, 0.1) is 12.0 Å². The molecule has 0 saturated carbocycles. The lowest BCUT2D eigenvalue weighted by molar-refractivity contribution is -0.146. The standard InChI is InChI=1S/C16H23N3O5S/c1-12(2)17-16(21)18-9-10-19(14(11-18)15(20)24-3)25(22,23)13-7-5-4-6-8-13/h4-8,12,14H,9-11H2,1-3H3,(H,17,21)/t14-/m0/s1. The van der Waals surface area contributed by atoms with Gasteiger partial charge in [0.2, 0.25) is 10.0 Å². The van der Waals surface area contributed by atoms with E-state index in [2.05, 4.69) is 5.32 Å². The molecule has 0 unspecified atom stereocenters. The van der Waals surface area contributed by atoms with Crippen molar-refractivity contribution in [3.63, 3.8) is 0 Å². The Morgan fingerprint density at radius 3 is 2.40 bits per heavy atom. The number of hydrogen-bond donors (Lipinski definition) is 1. The third-order valence-electron chi connectivity index (χ3n) is 3.85. The van der Waals surface area contributed by atoms with E-state index in [1.54, 1.807) is 18.2 Å². The highest BCUT2D eigenvalue weighted by atomic mass is 32.2. The minimum Gasteiger partial charge on any atom is -0.468 e. The molecule has 0 radical (unpaired) electrons. The minimum absolute atomic E-state index is 0.0164. The van der Waals surface area contributed by atoms with Gasteiger partial charge < -0.3 is 15.0 Å². The molecule has 9 heteroatoms. The Labute approximate surface area is 147 Å². The molecule has 1 aromatic rings. The van der Waals surface area contributed by atoms with E-state index in [1.807, 2.05) is 13.8 Å². The van der Waals surface area contributed by atoms with Gasteiger partial charge in [0, 0.05) is 25.7 Å². The van der Waals surface area contributed by atoms with Crippen molar-refractivity contribution in [2.45, 2.75) is 30.8 Å². The lowest BCUT2D eigenvalue weighted by Gasteiger charge is -2.39. The Balaban J connectivity index is 2.27. The molecule has 1 N–H and O–H groups in total. The van der Waals surface area contributed by atoms with Gasteiger partial charge in [0.1, 0.15) is 6.04 Å². The van der Waals surface area contributed by atoms with Gasteiger partial charge in [0.15, 0.2) is 0 Å². The van der Waals surface area contributed by atoms with Crippen LogP contribution in [0.5, 0.6) is 0 Å². The van der Waals surface area contributed by atoms with Gasteiger partial charge in [-0.3, -0.25) is 4.79 Å². The van der Waals surface area contributed by atoms with Crippen molar-refractivity contribution < 1.29 is 22.7 Å². The fourth-order valence-corrected chi connectivity index (χ4v) is 4.21. The summed E-state index contributed by atoms with van der Waals surface area (Å²) in [5.41, 5.74) is 0. The van der Waals surface area contributed by atoms with Crippen LogP contribution >= 0.6 is 0 Å². The zero-order chi connectivity index (χ0) is 18.6. The number of hydrogen-bond acceptors (Lipinski definition) is 5. The smallest absolute Gasteiger partial charge is 0.326 e. The Bertz CT molecular complexity index is 721. The van der Waals surface area contributed by atoms with Gasteiger partial charge in [0.25, 0.3) is 0 Å². The highest BCUT2D eigenvalue weighted by molar-refractivity contribution is 7.89. The molecule has 0 aliphatic carbocycles. The number of ether oxygens (including phenoxy) is 1. The van der Waals surface area contributed by atoms with Gasteiger partial charge in [-0.15, -0.1) is 0 Å². The predicted octanol–water partition coefficient (Wildman–Crippen LogP) is 0.653. The van der Waals surface area contributed by atoms with Crippen molar-refractivity contribution in [2.24, 2.45) is 0 Å². The zero-order valence-electron chi connectivity index (χ0n) is 14.5. The first-order chi connectivity index (χ1) is 11.8. The van der Waals surface area contributed by atoms with Crippen LogP contribution in [0.15, 0.2) is 35.2 Å². The number of amides is 2. The first-order valence-corrected chi connectivity index (χ1v) is 9.41. The average molecular weight is 369 g/mol. The maximum Gasteiger partial charge on any atom is 0.326 e. The monoisotopic (exact) mass is 369 g/mol.